The molecule has 1 aliphatic heterocycles. The normalized spacial score (nSPS) is 27.8. The number of carbonyl (C=O) groups is 1. The number of ether oxygens (including phenoxy) is 1. The van der Waals surface area contributed by atoms with Gasteiger partial charge in [-0.05, 0) is 29.6 Å². The van der Waals surface area contributed by atoms with Gasteiger partial charge in [0.2, 0.25) is 0 Å². The third-order valence-corrected chi connectivity index (χ3v) is 3.41. The summed E-state index contributed by atoms with van der Waals surface area (Å²) in [4.78, 5) is 11.9. The number of hydrogen-bond acceptors (Lipinski definition) is 2. The van der Waals surface area contributed by atoms with E-state index in [1.54, 1.807) is 0 Å². The largest absolute Gasteiger partial charge is 0.465 e. The highest BCUT2D eigenvalue weighted by Gasteiger charge is 2.41. The second-order valence-corrected chi connectivity index (χ2v) is 7.30. The molecule has 1 aliphatic rings. The first-order valence-corrected chi connectivity index (χ1v) is 6.28. The van der Waals surface area contributed by atoms with Gasteiger partial charge in [0.1, 0.15) is 0 Å². The van der Waals surface area contributed by atoms with Gasteiger partial charge in [-0.3, -0.25) is 4.79 Å². The monoisotopic (exact) mass is 226 g/mol. The fourth-order valence-corrected chi connectivity index (χ4v) is 2.68. The van der Waals surface area contributed by atoms with Crippen LogP contribution in [-0.2, 0) is 9.53 Å². The lowest BCUT2D eigenvalue weighted by Gasteiger charge is -2.41. The number of hydrogen-bond donors (Lipinski definition) is 0. The van der Waals surface area contributed by atoms with Crippen molar-refractivity contribution in [3.05, 3.63) is 0 Å². The third kappa shape index (κ3) is 3.50. The molecule has 1 heterocycles. The molecule has 2 heteroatoms. The van der Waals surface area contributed by atoms with Gasteiger partial charge < -0.3 is 4.74 Å². The maximum atomic E-state index is 11.9. The zero-order valence-electron chi connectivity index (χ0n) is 11.6. The average Bonchev–Trinajstić information content (AvgIpc) is 2.04. The molecule has 0 amide bonds. The highest BCUT2D eigenvalue weighted by Crippen LogP contribution is 2.42. The number of cyclic esters (lactones) is 1. The van der Waals surface area contributed by atoms with E-state index in [9.17, 15) is 4.79 Å². The van der Waals surface area contributed by atoms with E-state index in [1.807, 2.05) is 0 Å². The molecule has 2 unspecified atom stereocenters. The highest BCUT2D eigenvalue weighted by atomic mass is 16.5. The summed E-state index contributed by atoms with van der Waals surface area (Å²) in [7, 11) is 0. The summed E-state index contributed by atoms with van der Waals surface area (Å²) in [6.07, 6.45) is 1.93. The molecule has 16 heavy (non-hydrogen) atoms. The number of rotatable bonds is 1. The molecule has 0 aliphatic carbocycles. The van der Waals surface area contributed by atoms with Crippen LogP contribution in [0.2, 0.25) is 0 Å². The van der Waals surface area contributed by atoms with Crippen LogP contribution >= 0.6 is 0 Å². The Labute approximate surface area is 99.8 Å². The molecule has 0 N–H and O–H groups in total. The third-order valence-electron chi connectivity index (χ3n) is 3.41. The Hall–Kier alpha value is -0.530. The van der Waals surface area contributed by atoms with E-state index in [0.717, 1.165) is 12.8 Å². The van der Waals surface area contributed by atoms with E-state index in [4.69, 9.17) is 4.74 Å². The predicted octanol–water partition coefficient (Wildman–Crippen LogP) is 3.65. The molecular weight excluding hydrogens is 200 g/mol. The second kappa shape index (κ2) is 4.38. The SMILES string of the molecule is CC(C)(C)CC1C(=O)OCCC1C(C)(C)C. The Morgan fingerprint density at radius 1 is 1.19 bits per heavy atom. The van der Waals surface area contributed by atoms with Gasteiger partial charge in [-0.25, -0.2) is 0 Å². The van der Waals surface area contributed by atoms with E-state index >= 15 is 0 Å². The summed E-state index contributed by atoms with van der Waals surface area (Å²) in [6, 6.07) is 0. The van der Waals surface area contributed by atoms with Crippen molar-refractivity contribution in [1.29, 1.82) is 0 Å². The van der Waals surface area contributed by atoms with Crippen molar-refractivity contribution in [1.82, 2.24) is 0 Å². The van der Waals surface area contributed by atoms with Gasteiger partial charge in [-0.1, -0.05) is 41.5 Å². The van der Waals surface area contributed by atoms with Crippen molar-refractivity contribution in [2.45, 2.75) is 54.4 Å². The summed E-state index contributed by atoms with van der Waals surface area (Å²) >= 11 is 0. The van der Waals surface area contributed by atoms with E-state index < -0.39 is 0 Å². The molecule has 0 radical (unpaired) electrons. The summed E-state index contributed by atoms with van der Waals surface area (Å²) in [5.41, 5.74) is 0.375. The van der Waals surface area contributed by atoms with Crippen LogP contribution in [0.3, 0.4) is 0 Å². The summed E-state index contributed by atoms with van der Waals surface area (Å²) in [5, 5.41) is 0. The summed E-state index contributed by atoms with van der Waals surface area (Å²) in [6.45, 7) is 13.9. The molecule has 0 spiro atoms. The molecule has 1 rings (SSSR count). The van der Waals surface area contributed by atoms with Crippen LogP contribution in [-0.4, -0.2) is 12.6 Å². The van der Waals surface area contributed by atoms with Gasteiger partial charge in [0, 0.05) is 0 Å². The fourth-order valence-electron chi connectivity index (χ4n) is 2.68. The highest BCUT2D eigenvalue weighted by molar-refractivity contribution is 5.73. The van der Waals surface area contributed by atoms with Crippen molar-refractivity contribution >= 4 is 5.97 Å². The summed E-state index contributed by atoms with van der Waals surface area (Å²) < 4.78 is 5.22. The quantitative estimate of drug-likeness (QED) is 0.638. The minimum atomic E-state index is 0.0149. The van der Waals surface area contributed by atoms with Gasteiger partial charge in [-0.2, -0.15) is 0 Å². The van der Waals surface area contributed by atoms with Crippen molar-refractivity contribution in [3.63, 3.8) is 0 Å². The Morgan fingerprint density at radius 3 is 2.19 bits per heavy atom. The Morgan fingerprint density at radius 2 is 1.75 bits per heavy atom. The van der Waals surface area contributed by atoms with E-state index in [-0.39, 0.29) is 22.7 Å². The van der Waals surface area contributed by atoms with Crippen LogP contribution in [0.25, 0.3) is 0 Å². The second-order valence-electron chi connectivity index (χ2n) is 7.30. The van der Waals surface area contributed by atoms with E-state index in [0.29, 0.717) is 12.5 Å². The Balaban J connectivity index is 2.84. The van der Waals surface area contributed by atoms with Crippen LogP contribution in [0.5, 0.6) is 0 Å². The molecule has 2 atom stereocenters. The zero-order chi connectivity index (χ0) is 12.6. The first-order chi connectivity index (χ1) is 7.11. The first-order valence-electron chi connectivity index (χ1n) is 6.28. The molecule has 0 aromatic heterocycles. The maximum Gasteiger partial charge on any atom is 0.309 e. The fraction of sp³-hybridized carbons (Fsp3) is 0.929. The molecule has 94 valence electrons. The lowest BCUT2D eigenvalue weighted by atomic mass is 9.66. The topological polar surface area (TPSA) is 26.3 Å². The van der Waals surface area contributed by atoms with Crippen molar-refractivity contribution in [2.75, 3.05) is 6.61 Å². The van der Waals surface area contributed by atoms with Gasteiger partial charge in [-0.15, -0.1) is 0 Å². The van der Waals surface area contributed by atoms with Gasteiger partial charge in [0.15, 0.2) is 0 Å². The Kier molecular flexibility index (Phi) is 3.71. The molecule has 1 fully saturated rings. The predicted molar refractivity (Wildman–Crippen MR) is 66.1 cm³/mol. The summed E-state index contributed by atoms with van der Waals surface area (Å²) in [5.74, 6) is 0.544. The lowest BCUT2D eigenvalue weighted by molar-refractivity contribution is -0.162. The van der Waals surface area contributed by atoms with Crippen LogP contribution in [0.15, 0.2) is 0 Å². The Bertz CT molecular complexity index is 255. The van der Waals surface area contributed by atoms with Crippen LogP contribution in [0.4, 0.5) is 0 Å². The van der Waals surface area contributed by atoms with Crippen LogP contribution in [0.1, 0.15) is 54.4 Å². The standard InChI is InChI=1S/C14H26O2/c1-13(2,3)9-10-11(14(4,5)6)7-8-16-12(10)15/h10-11H,7-9H2,1-6H3. The lowest BCUT2D eigenvalue weighted by Crippen LogP contribution is -2.41. The van der Waals surface area contributed by atoms with Crippen molar-refractivity contribution in [3.8, 4) is 0 Å². The molecule has 0 aromatic rings. The number of carbonyl (C=O) groups excluding carboxylic acids is 1. The number of esters is 1. The molecule has 1 saturated heterocycles. The zero-order valence-corrected chi connectivity index (χ0v) is 11.6. The van der Waals surface area contributed by atoms with E-state index in [2.05, 4.69) is 41.5 Å². The van der Waals surface area contributed by atoms with E-state index in [1.165, 1.54) is 0 Å². The smallest absolute Gasteiger partial charge is 0.309 e. The molecule has 2 nitrogen and oxygen atoms in total. The first kappa shape index (κ1) is 13.5. The maximum absolute atomic E-state index is 11.9. The molecule has 0 saturated carbocycles. The molecular formula is C14H26O2. The van der Waals surface area contributed by atoms with Crippen molar-refractivity contribution < 1.29 is 9.53 Å². The molecule has 0 bridgehead atoms. The van der Waals surface area contributed by atoms with Gasteiger partial charge >= 0.3 is 5.97 Å². The van der Waals surface area contributed by atoms with Crippen LogP contribution in [0, 0.1) is 22.7 Å². The van der Waals surface area contributed by atoms with Gasteiger partial charge in [0.05, 0.1) is 12.5 Å². The minimum Gasteiger partial charge on any atom is -0.465 e. The van der Waals surface area contributed by atoms with Gasteiger partial charge in [0.25, 0.3) is 0 Å². The average molecular weight is 226 g/mol. The van der Waals surface area contributed by atoms with Crippen molar-refractivity contribution in [2.24, 2.45) is 22.7 Å². The minimum absolute atomic E-state index is 0.0149. The van der Waals surface area contributed by atoms with Crippen LogP contribution < -0.4 is 0 Å². The molecule has 0 aromatic carbocycles.